The van der Waals surface area contributed by atoms with Gasteiger partial charge in [0.15, 0.2) is 5.92 Å². The van der Waals surface area contributed by atoms with E-state index in [0.29, 0.717) is 11.5 Å². The SMILES string of the molecule is COC(=O)C(C(F)F)C(O)(c1ccc(CC(C)C)cc1)C(C)C. The molecule has 23 heavy (non-hydrogen) atoms. The Morgan fingerprint density at radius 1 is 1.17 bits per heavy atom. The van der Waals surface area contributed by atoms with Crippen LogP contribution in [0.3, 0.4) is 0 Å². The Morgan fingerprint density at radius 3 is 2.04 bits per heavy atom. The normalized spacial score (nSPS) is 15.8. The molecule has 0 amide bonds. The maximum atomic E-state index is 13.5. The summed E-state index contributed by atoms with van der Waals surface area (Å²) in [5.74, 6) is -3.16. The number of aliphatic hydroxyl groups is 1. The lowest BCUT2D eigenvalue weighted by Gasteiger charge is -2.38. The molecule has 0 bridgehead atoms. The standard InChI is InChI=1S/C18H26F2O3/c1-11(2)10-13-6-8-14(9-7-13)18(22,12(3)4)15(16(19)20)17(21)23-5/h6-9,11-12,15-16,22H,10H2,1-5H3. The highest BCUT2D eigenvalue weighted by molar-refractivity contribution is 5.74. The minimum atomic E-state index is -3.02. The van der Waals surface area contributed by atoms with Crippen molar-refractivity contribution in [1.29, 1.82) is 0 Å². The van der Waals surface area contributed by atoms with Gasteiger partial charge in [-0.05, 0) is 29.4 Å². The highest BCUT2D eigenvalue weighted by Crippen LogP contribution is 2.41. The summed E-state index contributed by atoms with van der Waals surface area (Å²) in [6, 6.07) is 6.86. The molecule has 0 aliphatic carbocycles. The van der Waals surface area contributed by atoms with Crippen LogP contribution in [0, 0.1) is 17.8 Å². The van der Waals surface area contributed by atoms with Crippen LogP contribution in [-0.4, -0.2) is 24.6 Å². The summed E-state index contributed by atoms with van der Waals surface area (Å²) >= 11 is 0. The molecule has 0 saturated heterocycles. The van der Waals surface area contributed by atoms with E-state index < -0.39 is 29.8 Å². The highest BCUT2D eigenvalue weighted by atomic mass is 19.3. The number of halogens is 2. The van der Waals surface area contributed by atoms with Crippen LogP contribution < -0.4 is 0 Å². The minimum absolute atomic E-state index is 0.302. The van der Waals surface area contributed by atoms with Crippen LogP contribution in [0.1, 0.15) is 38.8 Å². The minimum Gasteiger partial charge on any atom is -0.469 e. The Balaban J connectivity index is 3.30. The first-order valence-corrected chi connectivity index (χ1v) is 7.82. The van der Waals surface area contributed by atoms with Crippen molar-refractivity contribution in [2.45, 2.75) is 46.1 Å². The summed E-state index contributed by atoms with van der Waals surface area (Å²) in [5.41, 5.74) is -0.630. The molecular weight excluding hydrogens is 302 g/mol. The predicted molar refractivity (Wildman–Crippen MR) is 85.2 cm³/mol. The molecule has 130 valence electrons. The molecule has 3 nitrogen and oxygen atoms in total. The molecule has 5 heteroatoms. The second kappa shape index (κ2) is 7.86. The Morgan fingerprint density at radius 2 is 1.70 bits per heavy atom. The Labute approximate surface area is 136 Å². The fourth-order valence-electron chi connectivity index (χ4n) is 2.85. The average Bonchev–Trinajstić information content (AvgIpc) is 2.46. The van der Waals surface area contributed by atoms with Gasteiger partial charge in [-0.15, -0.1) is 0 Å². The first-order valence-electron chi connectivity index (χ1n) is 7.82. The van der Waals surface area contributed by atoms with Gasteiger partial charge in [-0.25, -0.2) is 8.78 Å². The number of rotatable bonds is 7. The molecule has 1 rings (SSSR count). The summed E-state index contributed by atoms with van der Waals surface area (Å²) < 4.78 is 31.4. The molecule has 0 fully saturated rings. The van der Waals surface area contributed by atoms with Crippen LogP contribution in [0.2, 0.25) is 0 Å². The maximum absolute atomic E-state index is 13.5. The van der Waals surface area contributed by atoms with Crippen molar-refractivity contribution in [2.75, 3.05) is 7.11 Å². The molecule has 0 heterocycles. The van der Waals surface area contributed by atoms with Gasteiger partial charge in [0.05, 0.1) is 7.11 Å². The van der Waals surface area contributed by atoms with Crippen molar-refractivity contribution in [1.82, 2.24) is 0 Å². The van der Waals surface area contributed by atoms with E-state index in [4.69, 9.17) is 0 Å². The number of hydrogen-bond donors (Lipinski definition) is 1. The zero-order valence-corrected chi connectivity index (χ0v) is 14.3. The van der Waals surface area contributed by atoms with Crippen molar-refractivity contribution in [3.8, 4) is 0 Å². The zero-order valence-electron chi connectivity index (χ0n) is 14.3. The van der Waals surface area contributed by atoms with Crippen molar-refractivity contribution in [3.63, 3.8) is 0 Å². The van der Waals surface area contributed by atoms with Gasteiger partial charge in [0.25, 0.3) is 6.43 Å². The van der Waals surface area contributed by atoms with E-state index in [1.807, 2.05) is 12.1 Å². The van der Waals surface area contributed by atoms with Gasteiger partial charge >= 0.3 is 5.97 Å². The number of methoxy groups -OCH3 is 1. The van der Waals surface area contributed by atoms with Gasteiger partial charge in [-0.1, -0.05) is 52.0 Å². The quantitative estimate of drug-likeness (QED) is 0.775. The number of ether oxygens (including phenoxy) is 1. The smallest absolute Gasteiger partial charge is 0.317 e. The number of benzene rings is 1. The van der Waals surface area contributed by atoms with Crippen molar-refractivity contribution < 1.29 is 23.4 Å². The predicted octanol–water partition coefficient (Wildman–Crippen LogP) is 3.78. The molecule has 2 atom stereocenters. The van der Waals surface area contributed by atoms with E-state index in [2.05, 4.69) is 18.6 Å². The second-order valence-corrected chi connectivity index (χ2v) is 6.61. The molecule has 1 aromatic rings. The monoisotopic (exact) mass is 328 g/mol. The summed E-state index contributed by atoms with van der Waals surface area (Å²) in [7, 11) is 1.05. The van der Waals surface area contributed by atoms with Gasteiger partial charge in [-0.2, -0.15) is 0 Å². The molecule has 0 saturated carbocycles. The molecule has 1 aromatic carbocycles. The Kier molecular flexibility index (Phi) is 6.69. The van der Waals surface area contributed by atoms with E-state index in [0.717, 1.165) is 19.1 Å². The van der Waals surface area contributed by atoms with Gasteiger partial charge < -0.3 is 9.84 Å². The summed E-state index contributed by atoms with van der Waals surface area (Å²) in [5, 5.41) is 11.0. The van der Waals surface area contributed by atoms with Crippen LogP contribution in [0.5, 0.6) is 0 Å². The van der Waals surface area contributed by atoms with E-state index in [9.17, 15) is 18.7 Å². The van der Waals surface area contributed by atoms with Gasteiger partial charge in [0, 0.05) is 0 Å². The fraction of sp³-hybridized carbons (Fsp3) is 0.611. The summed E-state index contributed by atoms with van der Waals surface area (Å²) in [6.07, 6.45) is -2.17. The Bertz CT molecular complexity index is 512. The van der Waals surface area contributed by atoms with Crippen LogP contribution in [-0.2, 0) is 21.6 Å². The Hall–Kier alpha value is -1.49. The van der Waals surface area contributed by atoms with Crippen LogP contribution in [0.15, 0.2) is 24.3 Å². The van der Waals surface area contributed by atoms with E-state index in [-0.39, 0.29) is 0 Å². The lowest BCUT2D eigenvalue weighted by molar-refractivity contribution is -0.176. The third kappa shape index (κ3) is 4.28. The number of alkyl halides is 2. The van der Waals surface area contributed by atoms with Gasteiger partial charge in [-0.3, -0.25) is 4.79 Å². The number of carbonyl (C=O) groups is 1. The molecule has 0 aromatic heterocycles. The van der Waals surface area contributed by atoms with Crippen molar-refractivity contribution >= 4 is 5.97 Å². The molecule has 1 N–H and O–H groups in total. The largest absolute Gasteiger partial charge is 0.469 e. The molecule has 0 aliphatic rings. The molecular formula is C18H26F2O3. The van der Waals surface area contributed by atoms with E-state index in [1.54, 1.807) is 26.0 Å². The van der Waals surface area contributed by atoms with Gasteiger partial charge in [0.2, 0.25) is 0 Å². The topological polar surface area (TPSA) is 46.5 Å². The van der Waals surface area contributed by atoms with Crippen molar-refractivity contribution in [2.24, 2.45) is 17.8 Å². The third-order valence-corrected chi connectivity index (χ3v) is 4.12. The molecule has 0 aliphatic heterocycles. The first kappa shape index (κ1) is 19.6. The lowest BCUT2D eigenvalue weighted by Crippen LogP contribution is -2.48. The number of hydrogen-bond acceptors (Lipinski definition) is 3. The summed E-state index contributed by atoms with van der Waals surface area (Å²) in [4.78, 5) is 11.8. The third-order valence-electron chi connectivity index (χ3n) is 4.12. The van der Waals surface area contributed by atoms with Crippen molar-refractivity contribution in [3.05, 3.63) is 35.4 Å². The van der Waals surface area contributed by atoms with Crippen LogP contribution >= 0.6 is 0 Å². The molecule has 2 unspecified atom stereocenters. The van der Waals surface area contributed by atoms with Gasteiger partial charge in [0.1, 0.15) is 5.60 Å². The molecule has 0 spiro atoms. The zero-order chi connectivity index (χ0) is 17.8. The fourth-order valence-corrected chi connectivity index (χ4v) is 2.85. The van der Waals surface area contributed by atoms with E-state index in [1.165, 1.54) is 0 Å². The lowest BCUT2D eigenvalue weighted by atomic mass is 9.73. The maximum Gasteiger partial charge on any atom is 0.317 e. The first-order chi connectivity index (χ1) is 10.6. The van der Waals surface area contributed by atoms with Crippen LogP contribution in [0.4, 0.5) is 8.78 Å². The highest BCUT2D eigenvalue weighted by Gasteiger charge is 2.51. The number of carbonyl (C=O) groups excluding carboxylic acids is 1. The van der Waals surface area contributed by atoms with E-state index >= 15 is 0 Å². The second-order valence-electron chi connectivity index (χ2n) is 6.61. The average molecular weight is 328 g/mol. The summed E-state index contributed by atoms with van der Waals surface area (Å²) in [6.45, 7) is 7.39. The number of esters is 1. The van der Waals surface area contributed by atoms with Crippen LogP contribution in [0.25, 0.3) is 0 Å². The molecule has 0 radical (unpaired) electrons.